The maximum atomic E-state index is 12.2. The largest absolute Gasteiger partial charge is 0.491 e. The SMILES string of the molecule is O=C(CCOc1ccccc1Cl)N1CC[C@@](O)(c2cn[nH]n2)C1. The highest BCUT2D eigenvalue weighted by Gasteiger charge is 2.41. The number of hydrogen-bond donors (Lipinski definition) is 2. The number of para-hydroxylation sites is 1. The van der Waals surface area contributed by atoms with Crippen molar-refractivity contribution in [1.29, 1.82) is 0 Å². The van der Waals surface area contributed by atoms with E-state index in [1.165, 1.54) is 6.20 Å². The zero-order valence-corrected chi connectivity index (χ0v) is 13.2. The minimum Gasteiger partial charge on any atom is -0.491 e. The monoisotopic (exact) mass is 336 g/mol. The van der Waals surface area contributed by atoms with Crippen molar-refractivity contribution in [1.82, 2.24) is 20.3 Å². The van der Waals surface area contributed by atoms with Crippen molar-refractivity contribution >= 4 is 17.5 Å². The van der Waals surface area contributed by atoms with Crippen LogP contribution in [0.25, 0.3) is 0 Å². The first kappa shape index (κ1) is 15.8. The predicted molar refractivity (Wildman–Crippen MR) is 83.0 cm³/mol. The van der Waals surface area contributed by atoms with Crippen LogP contribution in [-0.2, 0) is 10.4 Å². The molecule has 1 fully saturated rings. The molecule has 122 valence electrons. The Morgan fingerprint density at radius 1 is 1.48 bits per heavy atom. The summed E-state index contributed by atoms with van der Waals surface area (Å²) in [5, 5.41) is 21.2. The zero-order chi connectivity index (χ0) is 16.3. The van der Waals surface area contributed by atoms with Crippen molar-refractivity contribution in [2.45, 2.75) is 18.4 Å². The number of carbonyl (C=O) groups is 1. The number of nitrogens with one attached hydrogen (secondary N) is 1. The van der Waals surface area contributed by atoms with Crippen molar-refractivity contribution in [3.05, 3.63) is 41.2 Å². The van der Waals surface area contributed by atoms with Gasteiger partial charge >= 0.3 is 0 Å². The molecule has 1 saturated heterocycles. The molecule has 1 aliphatic heterocycles. The van der Waals surface area contributed by atoms with Crippen molar-refractivity contribution in [2.75, 3.05) is 19.7 Å². The first-order chi connectivity index (χ1) is 11.1. The summed E-state index contributed by atoms with van der Waals surface area (Å²) in [6, 6.07) is 7.13. The molecule has 2 N–H and O–H groups in total. The van der Waals surface area contributed by atoms with Crippen molar-refractivity contribution < 1.29 is 14.6 Å². The van der Waals surface area contributed by atoms with Gasteiger partial charge in [-0.15, -0.1) is 0 Å². The fourth-order valence-corrected chi connectivity index (χ4v) is 2.80. The second kappa shape index (κ2) is 6.55. The van der Waals surface area contributed by atoms with Gasteiger partial charge in [0.25, 0.3) is 0 Å². The van der Waals surface area contributed by atoms with Gasteiger partial charge in [-0.2, -0.15) is 15.4 Å². The standard InChI is InChI=1S/C15H17ClN4O3/c16-11-3-1-2-4-12(11)23-8-5-14(21)20-7-6-15(22,10-20)13-9-17-19-18-13/h1-4,9,22H,5-8,10H2,(H,17,18,19)/t15-/m0/s1. The van der Waals surface area contributed by atoms with Gasteiger partial charge in [0.1, 0.15) is 17.0 Å². The summed E-state index contributed by atoms with van der Waals surface area (Å²) in [4.78, 5) is 13.9. The molecule has 0 unspecified atom stereocenters. The molecule has 2 aromatic rings. The van der Waals surface area contributed by atoms with E-state index in [1.807, 2.05) is 12.1 Å². The number of halogens is 1. The number of aromatic nitrogens is 3. The number of likely N-dealkylation sites (tertiary alicyclic amines) is 1. The topological polar surface area (TPSA) is 91.3 Å². The summed E-state index contributed by atoms with van der Waals surface area (Å²) in [6.45, 7) is 0.931. The highest BCUT2D eigenvalue weighted by atomic mass is 35.5. The number of ether oxygens (including phenoxy) is 1. The number of β-amino-alcohol motifs (C(OH)–C–C–N with tert-alkyl or cyclic N) is 1. The molecule has 23 heavy (non-hydrogen) atoms. The summed E-state index contributed by atoms with van der Waals surface area (Å²) in [5.74, 6) is 0.485. The maximum absolute atomic E-state index is 12.2. The molecule has 0 aliphatic carbocycles. The van der Waals surface area contributed by atoms with E-state index in [2.05, 4.69) is 15.4 Å². The van der Waals surface area contributed by atoms with Gasteiger partial charge in [-0.3, -0.25) is 4.79 Å². The number of benzene rings is 1. The summed E-state index contributed by atoms with van der Waals surface area (Å²) in [6.07, 6.45) is 2.14. The molecule has 0 saturated carbocycles. The first-order valence-electron chi connectivity index (χ1n) is 7.32. The van der Waals surface area contributed by atoms with Crippen LogP contribution in [0.15, 0.2) is 30.5 Å². The van der Waals surface area contributed by atoms with Crippen LogP contribution < -0.4 is 4.74 Å². The molecule has 2 heterocycles. The number of H-pyrrole nitrogens is 1. The van der Waals surface area contributed by atoms with Gasteiger partial charge in [-0.1, -0.05) is 23.7 Å². The van der Waals surface area contributed by atoms with Crippen LogP contribution in [0, 0.1) is 0 Å². The Morgan fingerprint density at radius 2 is 2.30 bits per heavy atom. The van der Waals surface area contributed by atoms with Crippen LogP contribution in [0.2, 0.25) is 5.02 Å². The van der Waals surface area contributed by atoms with Gasteiger partial charge in [-0.25, -0.2) is 0 Å². The van der Waals surface area contributed by atoms with Crippen LogP contribution >= 0.6 is 11.6 Å². The fourth-order valence-electron chi connectivity index (χ4n) is 2.61. The molecule has 1 atom stereocenters. The molecule has 7 nitrogen and oxygen atoms in total. The Bertz CT molecular complexity index is 679. The van der Waals surface area contributed by atoms with Crippen LogP contribution in [0.4, 0.5) is 0 Å². The minimum atomic E-state index is -1.13. The van der Waals surface area contributed by atoms with Crippen LogP contribution in [0.1, 0.15) is 18.5 Å². The Morgan fingerprint density at radius 3 is 3.04 bits per heavy atom. The summed E-state index contributed by atoms with van der Waals surface area (Å²) in [5.41, 5.74) is -0.674. The average molecular weight is 337 g/mol. The second-order valence-electron chi connectivity index (χ2n) is 5.48. The lowest BCUT2D eigenvalue weighted by Crippen LogP contribution is -2.35. The molecule has 0 bridgehead atoms. The third kappa shape index (κ3) is 3.46. The summed E-state index contributed by atoms with van der Waals surface area (Å²) in [7, 11) is 0. The molecule has 0 spiro atoms. The van der Waals surface area contributed by atoms with E-state index in [4.69, 9.17) is 16.3 Å². The molecule has 1 amide bonds. The number of hydrogen-bond acceptors (Lipinski definition) is 5. The quantitative estimate of drug-likeness (QED) is 0.860. The second-order valence-corrected chi connectivity index (χ2v) is 5.89. The van der Waals surface area contributed by atoms with E-state index >= 15 is 0 Å². The number of rotatable bonds is 5. The predicted octanol–water partition coefficient (Wildman–Crippen LogP) is 1.35. The Kier molecular flexibility index (Phi) is 4.49. The summed E-state index contributed by atoms with van der Waals surface area (Å²) < 4.78 is 5.52. The van der Waals surface area contributed by atoms with Gasteiger partial charge in [-0.05, 0) is 12.1 Å². The molecule has 0 radical (unpaired) electrons. The highest BCUT2D eigenvalue weighted by Crippen LogP contribution is 2.30. The molecular formula is C15H17ClN4O3. The minimum absolute atomic E-state index is 0.0727. The molecule has 3 rings (SSSR count). The van der Waals surface area contributed by atoms with E-state index < -0.39 is 5.60 Å². The fraction of sp³-hybridized carbons (Fsp3) is 0.400. The Hall–Kier alpha value is -2.12. The smallest absolute Gasteiger partial charge is 0.226 e. The van der Waals surface area contributed by atoms with Gasteiger partial charge in [0, 0.05) is 13.0 Å². The Balaban J connectivity index is 1.51. The van der Waals surface area contributed by atoms with Crippen LogP contribution in [-0.4, -0.2) is 51.0 Å². The molecule has 1 aromatic carbocycles. The molecular weight excluding hydrogens is 320 g/mol. The third-order valence-electron chi connectivity index (χ3n) is 3.90. The third-order valence-corrected chi connectivity index (χ3v) is 4.21. The van der Waals surface area contributed by atoms with Gasteiger partial charge < -0.3 is 14.7 Å². The number of aromatic amines is 1. The lowest BCUT2D eigenvalue weighted by molar-refractivity contribution is -0.131. The molecule has 1 aromatic heterocycles. The summed E-state index contributed by atoms with van der Waals surface area (Å²) >= 11 is 5.99. The average Bonchev–Trinajstić information content (AvgIpc) is 3.19. The Labute approximate surface area is 138 Å². The number of amides is 1. The van der Waals surface area contributed by atoms with Crippen molar-refractivity contribution in [3.8, 4) is 5.75 Å². The number of nitrogens with zero attached hydrogens (tertiary/aromatic N) is 3. The van der Waals surface area contributed by atoms with Crippen molar-refractivity contribution in [2.24, 2.45) is 0 Å². The van der Waals surface area contributed by atoms with E-state index in [1.54, 1.807) is 17.0 Å². The van der Waals surface area contributed by atoms with E-state index in [9.17, 15) is 9.90 Å². The van der Waals surface area contributed by atoms with Gasteiger partial charge in [0.2, 0.25) is 5.91 Å². The molecule has 8 heteroatoms. The highest BCUT2D eigenvalue weighted by molar-refractivity contribution is 6.32. The van der Waals surface area contributed by atoms with Crippen LogP contribution in [0.5, 0.6) is 5.75 Å². The van der Waals surface area contributed by atoms with Gasteiger partial charge in [0.05, 0.1) is 30.8 Å². The zero-order valence-electron chi connectivity index (χ0n) is 12.4. The normalized spacial score (nSPS) is 20.7. The lowest BCUT2D eigenvalue weighted by Gasteiger charge is -2.21. The van der Waals surface area contributed by atoms with Crippen molar-refractivity contribution in [3.63, 3.8) is 0 Å². The number of carbonyl (C=O) groups excluding carboxylic acids is 1. The van der Waals surface area contributed by atoms with E-state index in [0.717, 1.165) is 0 Å². The lowest BCUT2D eigenvalue weighted by atomic mass is 10.0. The molecule has 1 aliphatic rings. The van der Waals surface area contributed by atoms with E-state index in [-0.39, 0.29) is 25.5 Å². The van der Waals surface area contributed by atoms with E-state index in [0.29, 0.717) is 29.4 Å². The maximum Gasteiger partial charge on any atom is 0.226 e. The first-order valence-corrected chi connectivity index (χ1v) is 7.70. The number of aliphatic hydroxyl groups is 1. The van der Waals surface area contributed by atoms with Crippen LogP contribution in [0.3, 0.4) is 0 Å². The van der Waals surface area contributed by atoms with Gasteiger partial charge in [0.15, 0.2) is 0 Å².